The number of halogens is 1. The number of nitrogen functional groups attached to an aromatic ring is 1. The van der Waals surface area contributed by atoms with Crippen molar-refractivity contribution in [1.82, 2.24) is 19.9 Å². The van der Waals surface area contributed by atoms with E-state index in [2.05, 4.69) is 15.2 Å². The van der Waals surface area contributed by atoms with Crippen LogP contribution < -0.4 is 5.84 Å². The van der Waals surface area contributed by atoms with E-state index in [-0.39, 0.29) is 0 Å². The third-order valence-electron chi connectivity index (χ3n) is 3.40. The molecule has 0 aliphatic carbocycles. The third kappa shape index (κ3) is 3.41. The Morgan fingerprint density at radius 3 is 2.80 bits per heavy atom. The van der Waals surface area contributed by atoms with Crippen LogP contribution in [0.1, 0.15) is 5.69 Å². The molecule has 0 spiro atoms. The molecule has 0 atom stereocenters. The van der Waals surface area contributed by atoms with Crippen LogP contribution in [0, 0.1) is 0 Å². The molecule has 3 heterocycles. The zero-order valence-corrected chi connectivity index (χ0v) is 15.2. The Hall–Kier alpha value is -2.29. The minimum atomic E-state index is 0.591. The summed E-state index contributed by atoms with van der Waals surface area (Å²) >= 11 is 8.94. The maximum Gasteiger partial charge on any atom is 0.210 e. The van der Waals surface area contributed by atoms with Crippen LogP contribution in [0.2, 0.25) is 5.02 Å². The monoisotopic (exact) mass is 389 g/mol. The zero-order valence-electron chi connectivity index (χ0n) is 12.8. The van der Waals surface area contributed by atoms with E-state index in [4.69, 9.17) is 21.9 Å². The van der Waals surface area contributed by atoms with Gasteiger partial charge in [0.2, 0.25) is 5.16 Å². The predicted octanol–water partition coefficient (Wildman–Crippen LogP) is 4.32. The quantitative estimate of drug-likeness (QED) is 0.404. The number of thioether (sulfide) groups is 1. The van der Waals surface area contributed by atoms with Gasteiger partial charge in [-0.1, -0.05) is 23.4 Å². The van der Waals surface area contributed by atoms with E-state index in [1.54, 1.807) is 29.7 Å². The van der Waals surface area contributed by atoms with Crippen LogP contribution in [0.4, 0.5) is 0 Å². The van der Waals surface area contributed by atoms with Crippen molar-refractivity contribution in [3.63, 3.8) is 0 Å². The lowest BCUT2D eigenvalue weighted by Gasteiger charge is -2.03. The fraction of sp³-hybridized carbons (Fsp3) is 0.0625. The SMILES string of the molecule is Nn1c(SCc2csc(-c3ccco3)n2)nnc1-c1ccc(Cl)cc1. The number of thiazole rings is 1. The van der Waals surface area contributed by atoms with Gasteiger partial charge in [-0.2, -0.15) is 0 Å². The zero-order chi connectivity index (χ0) is 17.2. The van der Waals surface area contributed by atoms with Gasteiger partial charge in [0.1, 0.15) is 0 Å². The highest BCUT2D eigenvalue weighted by Crippen LogP contribution is 2.28. The molecule has 0 radical (unpaired) electrons. The smallest absolute Gasteiger partial charge is 0.210 e. The molecule has 6 nitrogen and oxygen atoms in total. The van der Waals surface area contributed by atoms with Crippen LogP contribution in [0.15, 0.2) is 57.6 Å². The van der Waals surface area contributed by atoms with Crippen molar-refractivity contribution in [2.45, 2.75) is 10.9 Å². The molecule has 0 saturated carbocycles. The number of rotatable bonds is 5. The molecule has 4 aromatic rings. The van der Waals surface area contributed by atoms with E-state index in [0.717, 1.165) is 22.0 Å². The summed E-state index contributed by atoms with van der Waals surface area (Å²) in [6.07, 6.45) is 1.64. The van der Waals surface area contributed by atoms with Gasteiger partial charge in [0.25, 0.3) is 0 Å². The van der Waals surface area contributed by atoms with Crippen LogP contribution in [0.3, 0.4) is 0 Å². The topological polar surface area (TPSA) is 82.8 Å². The van der Waals surface area contributed by atoms with Gasteiger partial charge in [0.15, 0.2) is 16.6 Å². The minimum Gasteiger partial charge on any atom is -0.462 e. The number of hydrogen-bond acceptors (Lipinski definition) is 7. The van der Waals surface area contributed by atoms with Crippen molar-refractivity contribution in [3.8, 4) is 22.2 Å². The Kier molecular flexibility index (Phi) is 4.48. The van der Waals surface area contributed by atoms with Crippen molar-refractivity contribution < 1.29 is 4.42 Å². The van der Waals surface area contributed by atoms with Crippen molar-refractivity contribution >= 4 is 34.7 Å². The molecule has 3 aromatic heterocycles. The highest BCUT2D eigenvalue weighted by Gasteiger charge is 2.13. The van der Waals surface area contributed by atoms with Gasteiger partial charge in [-0.15, -0.1) is 21.5 Å². The summed E-state index contributed by atoms with van der Waals surface area (Å²) in [5, 5.41) is 12.5. The maximum atomic E-state index is 6.12. The van der Waals surface area contributed by atoms with E-state index in [9.17, 15) is 0 Å². The average Bonchev–Trinajstić information content (AvgIpc) is 3.35. The third-order valence-corrected chi connectivity index (χ3v) is 5.53. The van der Waals surface area contributed by atoms with Gasteiger partial charge in [-0.05, 0) is 36.4 Å². The molecule has 0 aliphatic heterocycles. The fourth-order valence-electron chi connectivity index (χ4n) is 2.20. The first-order valence-corrected chi connectivity index (χ1v) is 9.52. The lowest BCUT2D eigenvalue weighted by molar-refractivity contribution is 0.581. The van der Waals surface area contributed by atoms with Gasteiger partial charge in [0, 0.05) is 21.7 Å². The summed E-state index contributed by atoms with van der Waals surface area (Å²) in [6, 6.07) is 11.1. The summed E-state index contributed by atoms with van der Waals surface area (Å²) in [5.74, 6) is 8.13. The molecule has 9 heteroatoms. The van der Waals surface area contributed by atoms with Crippen LogP contribution in [0.25, 0.3) is 22.2 Å². The molecular formula is C16H12ClN5OS2. The normalized spacial score (nSPS) is 11.1. The second-order valence-corrected chi connectivity index (χ2v) is 7.33. The Balaban J connectivity index is 1.48. The Labute approximate surface area is 156 Å². The molecule has 126 valence electrons. The van der Waals surface area contributed by atoms with Gasteiger partial charge >= 0.3 is 0 Å². The van der Waals surface area contributed by atoms with E-state index >= 15 is 0 Å². The number of nitrogens with two attached hydrogens (primary N) is 1. The molecular weight excluding hydrogens is 378 g/mol. The molecule has 4 rings (SSSR count). The van der Waals surface area contributed by atoms with E-state index < -0.39 is 0 Å². The minimum absolute atomic E-state index is 0.591. The molecule has 0 fully saturated rings. The van der Waals surface area contributed by atoms with Crippen LogP contribution in [-0.2, 0) is 5.75 Å². The first kappa shape index (κ1) is 16.2. The summed E-state index contributed by atoms with van der Waals surface area (Å²) in [5.41, 5.74) is 1.80. The van der Waals surface area contributed by atoms with Crippen molar-refractivity contribution in [2.24, 2.45) is 0 Å². The maximum absolute atomic E-state index is 6.12. The second kappa shape index (κ2) is 6.91. The lowest BCUT2D eigenvalue weighted by atomic mass is 10.2. The number of benzene rings is 1. The first-order chi connectivity index (χ1) is 12.2. The van der Waals surface area contributed by atoms with Gasteiger partial charge in [0.05, 0.1) is 12.0 Å². The van der Waals surface area contributed by atoms with Crippen LogP contribution >= 0.6 is 34.7 Å². The Morgan fingerprint density at radius 2 is 2.04 bits per heavy atom. The average molecular weight is 390 g/mol. The standard InChI is InChI=1S/C16H12ClN5OS2/c17-11-5-3-10(4-6-11)14-20-21-16(22(14)18)25-9-12-8-24-15(19-12)13-2-1-7-23-13/h1-8H,9,18H2. The molecule has 2 N–H and O–H groups in total. The van der Waals surface area contributed by atoms with Gasteiger partial charge in [-0.3, -0.25) is 0 Å². The van der Waals surface area contributed by atoms with E-state index in [1.165, 1.54) is 16.4 Å². The largest absolute Gasteiger partial charge is 0.462 e. The summed E-state index contributed by atoms with van der Waals surface area (Å²) in [6.45, 7) is 0. The molecule has 0 bridgehead atoms. The molecule has 1 aromatic carbocycles. The number of hydrogen-bond donors (Lipinski definition) is 1. The van der Waals surface area contributed by atoms with Crippen LogP contribution in [0.5, 0.6) is 0 Å². The lowest BCUT2D eigenvalue weighted by Crippen LogP contribution is -2.11. The molecule has 25 heavy (non-hydrogen) atoms. The predicted molar refractivity (Wildman–Crippen MR) is 100.0 cm³/mol. The number of furan rings is 1. The second-order valence-electron chi connectivity index (χ2n) is 5.09. The summed E-state index contributed by atoms with van der Waals surface area (Å²) < 4.78 is 6.84. The van der Waals surface area contributed by atoms with Crippen molar-refractivity contribution in [1.29, 1.82) is 0 Å². The first-order valence-electron chi connectivity index (χ1n) is 7.28. The number of nitrogens with zero attached hydrogens (tertiary/aromatic N) is 4. The molecule has 0 unspecified atom stereocenters. The summed E-state index contributed by atoms with van der Waals surface area (Å²) in [4.78, 5) is 4.56. The molecule has 0 aliphatic rings. The van der Waals surface area contributed by atoms with E-state index in [0.29, 0.717) is 21.8 Å². The molecule has 0 amide bonds. The van der Waals surface area contributed by atoms with Crippen molar-refractivity contribution in [2.75, 3.05) is 5.84 Å². The van der Waals surface area contributed by atoms with Crippen LogP contribution in [-0.4, -0.2) is 19.9 Å². The highest BCUT2D eigenvalue weighted by atomic mass is 35.5. The van der Waals surface area contributed by atoms with Gasteiger partial charge < -0.3 is 10.3 Å². The highest BCUT2D eigenvalue weighted by molar-refractivity contribution is 7.98. The number of aromatic nitrogens is 4. The fourth-order valence-corrected chi connectivity index (χ4v) is 3.96. The van der Waals surface area contributed by atoms with E-state index in [1.807, 2.05) is 29.6 Å². The van der Waals surface area contributed by atoms with Crippen molar-refractivity contribution in [3.05, 3.63) is 58.8 Å². The molecule has 0 saturated heterocycles. The Morgan fingerprint density at radius 1 is 1.20 bits per heavy atom. The summed E-state index contributed by atoms with van der Waals surface area (Å²) in [7, 11) is 0. The Bertz CT molecular complexity index is 979. The van der Waals surface area contributed by atoms with Gasteiger partial charge in [-0.25, -0.2) is 9.66 Å².